The van der Waals surface area contributed by atoms with Gasteiger partial charge in [0.1, 0.15) is 0 Å². The summed E-state index contributed by atoms with van der Waals surface area (Å²) in [5.41, 5.74) is 3.66. The molecule has 0 fully saturated rings. The number of nitrogens with one attached hydrogen (secondary N) is 1. The fraction of sp³-hybridized carbons (Fsp3) is 0.353. The summed E-state index contributed by atoms with van der Waals surface area (Å²) < 4.78 is 24.5. The largest absolute Gasteiger partial charge is 0.352 e. The summed E-state index contributed by atoms with van der Waals surface area (Å²) in [7, 11) is -3.67. The quantitative estimate of drug-likeness (QED) is 0.832. The number of hydrogen-bond donors (Lipinski definition) is 2. The number of aryl methyl sites for hydroxylation is 1. The van der Waals surface area contributed by atoms with E-state index in [1.807, 2.05) is 26.8 Å². The molecule has 3 N–H and O–H groups in total. The standard InChI is InChI=1S/C17H23N3O3S/c1-4-20-12(2)11-16(13(20)3)17(21)19-10-9-14-5-7-15(8-6-14)24(18,22)23/h5-8,11H,4,9-10H2,1-3H3,(H,19,21)(H2,18,22,23). The van der Waals surface area contributed by atoms with Crippen molar-refractivity contribution >= 4 is 15.9 Å². The Morgan fingerprint density at radius 1 is 1.21 bits per heavy atom. The second-order valence-corrected chi connectivity index (χ2v) is 7.29. The Morgan fingerprint density at radius 3 is 2.33 bits per heavy atom. The molecule has 1 heterocycles. The molecular formula is C17H23N3O3S. The van der Waals surface area contributed by atoms with Crippen LogP contribution >= 0.6 is 0 Å². The van der Waals surface area contributed by atoms with E-state index in [0.717, 1.165) is 23.5 Å². The summed E-state index contributed by atoms with van der Waals surface area (Å²) in [6, 6.07) is 8.25. The summed E-state index contributed by atoms with van der Waals surface area (Å²) in [5.74, 6) is -0.0936. The van der Waals surface area contributed by atoms with Crippen molar-refractivity contribution < 1.29 is 13.2 Å². The van der Waals surface area contributed by atoms with Crippen molar-refractivity contribution in [2.24, 2.45) is 5.14 Å². The van der Waals surface area contributed by atoms with E-state index in [0.29, 0.717) is 18.5 Å². The fourth-order valence-electron chi connectivity index (χ4n) is 2.78. The van der Waals surface area contributed by atoms with Gasteiger partial charge < -0.3 is 9.88 Å². The molecule has 1 aromatic heterocycles. The van der Waals surface area contributed by atoms with Gasteiger partial charge in [-0.05, 0) is 51.0 Å². The molecule has 0 aliphatic heterocycles. The number of rotatable bonds is 6. The second-order valence-electron chi connectivity index (χ2n) is 5.72. The highest BCUT2D eigenvalue weighted by molar-refractivity contribution is 7.89. The molecule has 130 valence electrons. The predicted molar refractivity (Wildman–Crippen MR) is 93.4 cm³/mol. The molecule has 0 spiro atoms. The number of sulfonamides is 1. The Morgan fingerprint density at radius 2 is 1.83 bits per heavy atom. The van der Waals surface area contributed by atoms with E-state index in [-0.39, 0.29) is 10.8 Å². The zero-order chi connectivity index (χ0) is 17.9. The van der Waals surface area contributed by atoms with Crippen LogP contribution in [0.4, 0.5) is 0 Å². The molecule has 6 nitrogen and oxygen atoms in total. The number of nitrogens with zero attached hydrogens (tertiary/aromatic N) is 1. The van der Waals surface area contributed by atoms with Gasteiger partial charge in [-0.25, -0.2) is 13.6 Å². The highest BCUT2D eigenvalue weighted by atomic mass is 32.2. The Hall–Kier alpha value is -2.12. The predicted octanol–water partition coefficient (Wildman–Crippen LogP) is 1.74. The zero-order valence-electron chi connectivity index (χ0n) is 14.2. The van der Waals surface area contributed by atoms with Gasteiger partial charge in [0.15, 0.2) is 0 Å². The number of carbonyl (C=O) groups is 1. The van der Waals surface area contributed by atoms with Crippen molar-refractivity contribution in [3.05, 3.63) is 52.8 Å². The molecule has 24 heavy (non-hydrogen) atoms. The van der Waals surface area contributed by atoms with Crippen molar-refractivity contribution in [1.29, 1.82) is 0 Å². The number of benzene rings is 1. The normalized spacial score (nSPS) is 11.5. The van der Waals surface area contributed by atoms with Gasteiger partial charge >= 0.3 is 0 Å². The van der Waals surface area contributed by atoms with Gasteiger partial charge in [-0.3, -0.25) is 4.79 Å². The molecule has 0 unspecified atom stereocenters. The van der Waals surface area contributed by atoms with Crippen molar-refractivity contribution in [3.63, 3.8) is 0 Å². The third kappa shape index (κ3) is 4.04. The Balaban J connectivity index is 1.96. The number of nitrogens with two attached hydrogens (primary N) is 1. The van der Waals surface area contributed by atoms with Gasteiger partial charge in [-0.1, -0.05) is 12.1 Å². The van der Waals surface area contributed by atoms with E-state index in [9.17, 15) is 13.2 Å². The third-order valence-electron chi connectivity index (χ3n) is 4.09. The van der Waals surface area contributed by atoms with Crippen LogP contribution in [-0.2, 0) is 23.0 Å². The molecule has 2 rings (SSSR count). The van der Waals surface area contributed by atoms with E-state index in [4.69, 9.17) is 5.14 Å². The summed E-state index contributed by atoms with van der Waals surface area (Å²) in [6.45, 7) is 7.29. The van der Waals surface area contributed by atoms with Gasteiger partial charge in [0.05, 0.1) is 10.5 Å². The molecule has 0 atom stereocenters. The van der Waals surface area contributed by atoms with Crippen LogP contribution in [0.3, 0.4) is 0 Å². The lowest BCUT2D eigenvalue weighted by Gasteiger charge is -2.07. The Bertz CT molecular complexity index is 837. The van der Waals surface area contributed by atoms with Crippen LogP contribution in [0.2, 0.25) is 0 Å². The number of aromatic nitrogens is 1. The molecule has 1 amide bonds. The van der Waals surface area contributed by atoms with Crippen LogP contribution in [0.5, 0.6) is 0 Å². The highest BCUT2D eigenvalue weighted by Gasteiger charge is 2.14. The SMILES string of the molecule is CCn1c(C)cc(C(=O)NCCc2ccc(S(N)(=O)=O)cc2)c1C. The lowest BCUT2D eigenvalue weighted by molar-refractivity contribution is 0.0953. The van der Waals surface area contributed by atoms with Crippen LogP contribution < -0.4 is 10.5 Å². The smallest absolute Gasteiger partial charge is 0.253 e. The summed E-state index contributed by atoms with van der Waals surface area (Å²) in [6.07, 6.45) is 0.614. The molecule has 0 saturated heterocycles. The van der Waals surface area contributed by atoms with E-state index < -0.39 is 10.0 Å². The fourth-order valence-corrected chi connectivity index (χ4v) is 3.29. The van der Waals surface area contributed by atoms with Gasteiger partial charge in [0.25, 0.3) is 5.91 Å². The highest BCUT2D eigenvalue weighted by Crippen LogP contribution is 2.15. The van der Waals surface area contributed by atoms with Crippen LogP contribution in [0.15, 0.2) is 35.2 Å². The van der Waals surface area contributed by atoms with Crippen molar-refractivity contribution in [2.45, 2.75) is 38.6 Å². The first kappa shape index (κ1) is 18.2. The van der Waals surface area contributed by atoms with Crippen molar-refractivity contribution in [1.82, 2.24) is 9.88 Å². The average Bonchev–Trinajstić information content (AvgIpc) is 2.81. The number of hydrogen-bond acceptors (Lipinski definition) is 3. The number of amides is 1. The Labute approximate surface area is 142 Å². The Kier molecular flexibility index (Phi) is 5.46. The van der Waals surface area contributed by atoms with E-state index in [1.165, 1.54) is 12.1 Å². The molecule has 0 aliphatic rings. The van der Waals surface area contributed by atoms with E-state index in [1.54, 1.807) is 12.1 Å². The van der Waals surface area contributed by atoms with Gasteiger partial charge in [0.2, 0.25) is 10.0 Å². The third-order valence-corrected chi connectivity index (χ3v) is 5.01. The van der Waals surface area contributed by atoms with Crippen LogP contribution in [0.25, 0.3) is 0 Å². The van der Waals surface area contributed by atoms with Crippen molar-refractivity contribution in [2.75, 3.05) is 6.54 Å². The average molecular weight is 349 g/mol. The van der Waals surface area contributed by atoms with E-state index in [2.05, 4.69) is 9.88 Å². The molecule has 0 radical (unpaired) electrons. The lowest BCUT2D eigenvalue weighted by Crippen LogP contribution is -2.26. The summed E-state index contributed by atoms with van der Waals surface area (Å²) in [4.78, 5) is 12.4. The monoisotopic (exact) mass is 349 g/mol. The molecule has 0 aliphatic carbocycles. The first-order chi connectivity index (χ1) is 11.2. The summed E-state index contributed by atoms with van der Waals surface area (Å²) in [5, 5.41) is 7.97. The topological polar surface area (TPSA) is 94.2 Å². The van der Waals surface area contributed by atoms with Gasteiger partial charge in [0, 0.05) is 24.5 Å². The maximum Gasteiger partial charge on any atom is 0.253 e. The van der Waals surface area contributed by atoms with Gasteiger partial charge in [-0.2, -0.15) is 0 Å². The minimum Gasteiger partial charge on any atom is -0.352 e. The number of primary sulfonamides is 1. The lowest BCUT2D eigenvalue weighted by atomic mass is 10.1. The second kappa shape index (κ2) is 7.19. The van der Waals surface area contributed by atoms with E-state index >= 15 is 0 Å². The molecule has 2 aromatic rings. The number of carbonyl (C=O) groups excluding carboxylic acids is 1. The first-order valence-corrected chi connectivity index (χ1v) is 9.35. The van der Waals surface area contributed by atoms with Gasteiger partial charge in [-0.15, -0.1) is 0 Å². The summed E-state index contributed by atoms with van der Waals surface area (Å²) >= 11 is 0. The minimum atomic E-state index is -3.67. The molecule has 0 bridgehead atoms. The van der Waals surface area contributed by atoms with Crippen LogP contribution in [-0.4, -0.2) is 25.4 Å². The zero-order valence-corrected chi connectivity index (χ0v) is 15.0. The molecule has 7 heteroatoms. The molecule has 0 saturated carbocycles. The molecule has 1 aromatic carbocycles. The molecular weight excluding hydrogens is 326 g/mol. The first-order valence-electron chi connectivity index (χ1n) is 7.80. The maximum atomic E-state index is 12.3. The maximum absolute atomic E-state index is 12.3. The minimum absolute atomic E-state index is 0.0855. The van der Waals surface area contributed by atoms with Crippen LogP contribution in [0, 0.1) is 13.8 Å². The van der Waals surface area contributed by atoms with Crippen molar-refractivity contribution in [3.8, 4) is 0 Å². The van der Waals surface area contributed by atoms with Crippen LogP contribution in [0.1, 0.15) is 34.2 Å².